The van der Waals surface area contributed by atoms with Gasteiger partial charge >= 0.3 is 0 Å². The summed E-state index contributed by atoms with van der Waals surface area (Å²) in [5, 5.41) is -0.385. The number of nitrogens with two attached hydrogens (primary N) is 1. The molecule has 1 aromatic rings. The quantitative estimate of drug-likeness (QED) is 0.898. The molecule has 0 bridgehead atoms. The molecule has 4 nitrogen and oxygen atoms in total. The molecule has 3 rings (SSSR count). The Morgan fingerprint density at radius 1 is 1.30 bits per heavy atom. The van der Waals surface area contributed by atoms with Crippen LogP contribution in [0.4, 0.5) is 0 Å². The molecular weight excluding hydrogens is 292 g/mol. The summed E-state index contributed by atoms with van der Waals surface area (Å²) >= 11 is 1.72. The van der Waals surface area contributed by atoms with Crippen LogP contribution in [-0.2, 0) is 9.84 Å². The predicted octanol–water partition coefficient (Wildman–Crippen LogP) is 1.55. The summed E-state index contributed by atoms with van der Waals surface area (Å²) in [6, 6.07) is 8.33. The van der Waals surface area contributed by atoms with Crippen molar-refractivity contribution in [2.45, 2.75) is 23.9 Å². The zero-order valence-electron chi connectivity index (χ0n) is 11.5. The van der Waals surface area contributed by atoms with Gasteiger partial charge in [0.15, 0.2) is 9.84 Å². The van der Waals surface area contributed by atoms with Crippen molar-refractivity contribution in [3.05, 3.63) is 35.4 Å². The van der Waals surface area contributed by atoms with Crippen molar-refractivity contribution in [3.8, 4) is 0 Å². The molecule has 3 unspecified atom stereocenters. The van der Waals surface area contributed by atoms with E-state index in [1.54, 1.807) is 11.8 Å². The Bertz CT molecular complexity index is 603. The first-order chi connectivity index (χ1) is 9.48. The first-order valence-corrected chi connectivity index (χ1v) is 9.96. The molecule has 0 spiro atoms. The number of nitrogens with zero attached hydrogens (tertiary/aromatic N) is 1. The highest BCUT2D eigenvalue weighted by atomic mass is 32.2. The maximum Gasteiger partial charge on any atom is 0.164 e. The largest absolute Gasteiger partial charge is 0.324 e. The molecule has 1 heterocycles. The standard InChI is InChI=1S/C14H20N2O2S2/c1-20(17,18)14-9-19-7-6-16(14)13-8-12(15)10-4-2-3-5-11(10)13/h2-5,12-14H,6-9,15H2,1H3. The molecular formula is C14H20N2O2S2. The fourth-order valence-corrected chi connectivity index (χ4v) is 6.20. The fraction of sp³-hybridized carbons (Fsp3) is 0.571. The van der Waals surface area contributed by atoms with E-state index in [0.717, 1.165) is 18.7 Å². The Labute approximate surface area is 124 Å². The Hall–Kier alpha value is -0.560. The van der Waals surface area contributed by atoms with Crippen LogP contribution < -0.4 is 5.73 Å². The van der Waals surface area contributed by atoms with E-state index in [1.165, 1.54) is 17.4 Å². The summed E-state index contributed by atoms with van der Waals surface area (Å²) < 4.78 is 24.1. The van der Waals surface area contributed by atoms with Crippen LogP contribution in [-0.4, -0.2) is 43.0 Å². The average Bonchev–Trinajstić information content (AvgIpc) is 2.76. The van der Waals surface area contributed by atoms with Crippen molar-refractivity contribution in [2.75, 3.05) is 24.3 Å². The van der Waals surface area contributed by atoms with Gasteiger partial charge < -0.3 is 5.73 Å². The van der Waals surface area contributed by atoms with Gasteiger partial charge in [0, 0.05) is 36.4 Å². The smallest absolute Gasteiger partial charge is 0.164 e. The average molecular weight is 312 g/mol. The van der Waals surface area contributed by atoms with Crippen LogP contribution in [0.15, 0.2) is 24.3 Å². The van der Waals surface area contributed by atoms with Gasteiger partial charge in [-0.3, -0.25) is 4.90 Å². The Morgan fingerprint density at radius 3 is 2.70 bits per heavy atom. The molecule has 3 atom stereocenters. The van der Waals surface area contributed by atoms with Crippen LogP contribution in [0.2, 0.25) is 0 Å². The Morgan fingerprint density at radius 2 is 2.00 bits per heavy atom. The van der Waals surface area contributed by atoms with E-state index in [-0.39, 0.29) is 17.5 Å². The summed E-state index contributed by atoms with van der Waals surface area (Å²) in [7, 11) is -3.07. The molecule has 2 N–H and O–H groups in total. The lowest BCUT2D eigenvalue weighted by Crippen LogP contribution is -2.48. The third-order valence-electron chi connectivity index (χ3n) is 4.25. The lowest BCUT2D eigenvalue weighted by Gasteiger charge is -2.38. The molecule has 0 amide bonds. The molecule has 0 aromatic heterocycles. The van der Waals surface area contributed by atoms with Crippen LogP contribution in [0.3, 0.4) is 0 Å². The van der Waals surface area contributed by atoms with E-state index < -0.39 is 9.84 Å². The highest BCUT2D eigenvalue weighted by molar-refractivity contribution is 8.00. The summed E-state index contributed by atoms with van der Waals surface area (Å²) in [6.07, 6.45) is 2.16. The number of fused-ring (bicyclic) bond motifs is 1. The van der Waals surface area contributed by atoms with Gasteiger partial charge in [-0.25, -0.2) is 8.42 Å². The SMILES string of the molecule is CS(=O)(=O)C1CSCCN1C1CC(N)c2ccccc21. The van der Waals surface area contributed by atoms with Crippen LogP contribution in [0.25, 0.3) is 0 Å². The zero-order valence-corrected chi connectivity index (χ0v) is 13.2. The van der Waals surface area contributed by atoms with Gasteiger partial charge in [-0.05, 0) is 17.5 Å². The number of sulfone groups is 1. The van der Waals surface area contributed by atoms with Gasteiger partial charge in [-0.15, -0.1) is 0 Å². The monoisotopic (exact) mass is 312 g/mol. The lowest BCUT2D eigenvalue weighted by atomic mass is 10.1. The van der Waals surface area contributed by atoms with E-state index in [2.05, 4.69) is 17.0 Å². The second kappa shape index (κ2) is 5.33. The Balaban J connectivity index is 1.96. The van der Waals surface area contributed by atoms with E-state index >= 15 is 0 Å². The molecule has 20 heavy (non-hydrogen) atoms. The van der Waals surface area contributed by atoms with Crippen molar-refractivity contribution in [3.63, 3.8) is 0 Å². The number of rotatable bonds is 2. The van der Waals surface area contributed by atoms with Crippen molar-refractivity contribution in [1.29, 1.82) is 0 Å². The lowest BCUT2D eigenvalue weighted by molar-refractivity contribution is 0.188. The summed E-state index contributed by atoms with van der Waals surface area (Å²) in [5.74, 6) is 1.65. The fourth-order valence-electron chi connectivity index (χ4n) is 3.28. The third kappa shape index (κ3) is 2.50. The van der Waals surface area contributed by atoms with Gasteiger partial charge in [0.05, 0.1) is 0 Å². The summed E-state index contributed by atoms with van der Waals surface area (Å²) in [4.78, 5) is 2.15. The normalized spacial score (nSPS) is 31.2. The van der Waals surface area contributed by atoms with Crippen LogP contribution >= 0.6 is 11.8 Å². The van der Waals surface area contributed by atoms with Crippen molar-refractivity contribution in [2.24, 2.45) is 5.73 Å². The molecule has 0 saturated carbocycles. The van der Waals surface area contributed by atoms with Crippen LogP contribution in [0.5, 0.6) is 0 Å². The van der Waals surface area contributed by atoms with Gasteiger partial charge in [-0.1, -0.05) is 24.3 Å². The molecule has 110 valence electrons. The molecule has 6 heteroatoms. The molecule has 1 aliphatic carbocycles. The highest BCUT2D eigenvalue weighted by Crippen LogP contribution is 2.43. The molecule has 1 saturated heterocycles. The first kappa shape index (κ1) is 14.4. The minimum atomic E-state index is -3.07. The van der Waals surface area contributed by atoms with Crippen molar-refractivity contribution in [1.82, 2.24) is 4.90 Å². The maximum atomic E-state index is 12.1. The molecule has 0 radical (unpaired) electrons. The zero-order chi connectivity index (χ0) is 14.3. The molecule has 1 fully saturated rings. The second-order valence-electron chi connectivity index (χ2n) is 5.58. The predicted molar refractivity (Wildman–Crippen MR) is 83.4 cm³/mol. The number of hydrogen-bond donors (Lipinski definition) is 1. The number of benzene rings is 1. The van der Waals surface area contributed by atoms with Gasteiger partial charge in [0.1, 0.15) is 5.37 Å². The summed E-state index contributed by atoms with van der Waals surface area (Å²) in [5.41, 5.74) is 8.59. The van der Waals surface area contributed by atoms with E-state index in [0.29, 0.717) is 5.75 Å². The minimum absolute atomic E-state index is 0.0194. The maximum absolute atomic E-state index is 12.1. The van der Waals surface area contributed by atoms with Crippen LogP contribution in [0.1, 0.15) is 29.6 Å². The van der Waals surface area contributed by atoms with E-state index in [4.69, 9.17) is 5.73 Å². The highest BCUT2D eigenvalue weighted by Gasteiger charge is 2.40. The van der Waals surface area contributed by atoms with E-state index in [1.807, 2.05) is 12.1 Å². The summed E-state index contributed by atoms with van der Waals surface area (Å²) in [6.45, 7) is 0.814. The molecule has 2 aliphatic rings. The topological polar surface area (TPSA) is 63.4 Å². The number of hydrogen-bond acceptors (Lipinski definition) is 5. The molecule has 1 aliphatic heterocycles. The third-order valence-corrected chi connectivity index (χ3v) is 6.91. The van der Waals surface area contributed by atoms with Crippen LogP contribution in [0, 0.1) is 0 Å². The number of thioether (sulfide) groups is 1. The Kier molecular flexibility index (Phi) is 3.83. The second-order valence-corrected chi connectivity index (χ2v) is 8.94. The van der Waals surface area contributed by atoms with Crippen molar-refractivity contribution >= 4 is 21.6 Å². The minimum Gasteiger partial charge on any atom is -0.324 e. The molecule has 1 aromatic carbocycles. The van der Waals surface area contributed by atoms with Gasteiger partial charge in [0.25, 0.3) is 0 Å². The van der Waals surface area contributed by atoms with Crippen molar-refractivity contribution < 1.29 is 8.42 Å². The van der Waals surface area contributed by atoms with Gasteiger partial charge in [0.2, 0.25) is 0 Å². The van der Waals surface area contributed by atoms with E-state index in [9.17, 15) is 8.42 Å². The first-order valence-electron chi connectivity index (χ1n) is 6.85. The van der Waals surface area contributed by atoms with Gasteiger partial charge in [-0.2, -0.15) is 11.8 Å².